The first-order valence-corrected chi connectivity index (χ1v) is 22.7. The lowest BCUT2D eigenvalue weighted by molar-refractivity contribution is -0.0399. The molecule has 0 unspecified atom stereocenters. The van der Waals surface area contributed by atoms with Crippen LogP contribution in [-0.2, 0) is 10.8 Å². The number of rotatable bonds is 5. The van der Waals surface area contributed by atoms with Crippen molar-refractivity contribution in [3.8, 4) is 44.5 Å². The van der Waals surface area contributed by atoms with Crippen LogP contribution in [0.4, 0.5) is 17.1 Å². The summed E-state index contributed by atoms with van der Waals surface area (Å²) in [4.78, 5) is 2.63. The van der Waals surface area contributed by atoms with E-state index in [0.29, 0.717) is 0 Å². The van der Waals surface area contributed by atoms with E-state index in [1.807, 2.05) is 0 Å². The largest absolute Gasteiger partial charge is 0.310 e. The van der Waals surface area contributed by atoms with E-state index in [0.717, 1.165) is 23.7 Å². The lowest BCUT2D eigenvalue weighted by Crippen LogP contribution is -2.55. The molecule has 0 atom stereocenters. The molecule has 0 N–H and O–H groups in total. The Morgan fingerprint density at radius 3 is 1.47 bits per heavy atom. The van der Waals surface area contributed by atoms with Gasteiger partial charge in [-0.15, -0.1) is 0 Å². The highest BCUT2D eigenvalue weighted by Crippen LogP contribution is 2.70. The molecule has 59 heavy (non-hydrogen) atoms. The minimum atomic E-state index is 0.0856. The predicted octanol–water partition coefficient (Wildman–Crippen LogP) is 15.4. The van der Waals surface area contributed by atoms with Gasteiger partial charge in [-0.2, -0.15) is 0 Å². The fourth-order valence-corrected chi connectivity index (χ4v) is 14.4. The molecule has 288 valence electrons. The molecule has 4 bridgehead atoms. The molecule has 2 spiro atoms. The summed E-state index contributed by atoms with van der Waals surface area (Å²) >= 11 is 0. The molecule has 1 nitrogen and oxygen atoms in total. The van der Waals surface area contributed by atoms with Gasteiger partial charge in [0.05, 0.1) is 0 Å². The van der Waals surface area contributed by atoms with E-state index < -0.39 is 0 Å². The first kappa shape index (κ1) is 34.2. The molecule has 7 aromatic carbocycles. The van der Waals surface area contributed by atoms with Gasteiger partial charge in [0.15, 0.2) is 0 Å². The van der Waals surface area contributed by atoms with Gasteiger partial charge in [-0.3, -0.25) is 0 Å². The summed E-state index contributed by atoms with van der Waals surface area (Å²) in [5.41, 5.74) is 21.2. The van der Waals surface area contributed by atoms with Crippen LogP contribution in [0.15, 0.2) is 164 Å². The van der Waals surface area contributed by atoms with Crippen molar-refractivity contribution in [2.24, 2.45) is 23.7 Å². The van der Waals surface area contributed by atoms with Crippen LogP contribution >= 0.6 is 0 Å². The molecule has 14 rings (SSSR count). The summed E-state index contributed by atoms with van der Waals surface area (Å²) in [7, 11) is 0. The van der Waals surface area contributed by atoms with Gasteiger partial charge in [-0.05, 0) is 172 Å². The van der Waals surface area contributed by atoms with Crippen molar-refractivity contribution in [3.63, 3.8) is 0 Å². The second-order valence-electron chi connectivity index (χ2n) is 19.2. The summed E-state index contributed by atoms with van der Waals surface area (Å²) in [5.74, 6) is 3.29. The normalized spacial score (nSPS) is 24.8. The lowest BCUT2D eigenvalue weighted by atomic mass is 9.43. The molecule has 0 saturated heterocycles. The van der Waals surface area contributed by atoms with Crippen LogP contribution < -0.4 is 4.90 Å². The molecule has 0 heterocycles. The zero-order valence-electron chi connectivity index (χ0n) is 33.9. The highest BCUT2D eigenvalue weighted by Gasteiger charge is 2.61. The number of anilines is 3. The van der Waals surface area contributed by atoms with E-state index in [1.165, 1.54) is 131 Å². The van der Waals surface area contributed by atoms with Crippen molar-refractivity contribution in [1.29, 1.82) is 0 Å². The average molecular weight is 762 g/mol. The summed E-state index contributed by atoms with van der Waals surface area (Å²) in [6.45, 7) is 0. The second kappa shape index (κ2) is 12.9. The van der Waals surface area contributed by atoms with E-state index in [2.05, 4.69) is 169 Å². The van der Waals surface area contributed by atoms with Crippen molar-refractivity contribution in [2.75, 3.05) is 4.90 Å². The molecule has 0 radical (unpaired) electrons. The van der Waals surface area contributed by atoms with Crippen LogP contribution in [0, 0.1) is 23.7 Å². The van der Waals surface area contributed by atoms with Gasteiger partial charge >= 0.3 is 0 Å². The summed E-state index contributed by atoms with van der Waals surface area (Å²) < 4.78 is 0. The third-order valence-electron chi connectivity index (χ3n) is 16.4. The van der Waals surface area contributed by atoms with Crippen LogP contribution in [-0.4, -0.2) is 0 Å². The summed E-state index contributed by atoms with van der Waals surface area (Å²) in [6, 6.07) is 63.3. The van der Waals surface area contributed by atoms with E-state index in [-0.39, 0.29) is 10.8 Å². The summed E-state index contributed by atoms with van der Waals surface area (Å²) in [5, 5.41) is 0. The molecular weight excluding hydrogens is 711 g/mol. The van der Waals surface area contributed by atoms with E-state index in [9.17, 15) is 0 Å². The van der Waals surface area contributed by atoms with Gasteiger partial charge in [-0.1, -0.05) is 147 Å². The fraction of sp³-hybridized carbons (Fsp3) is 0.276. The SMILES string of the molecule is c1ccc(-c2ccc(N(c3ccc4c(c3)C3(CCCCC3)c3ccccc3-4)c3ccc4c(c3)C3(c5ccccc5-4)C4CC5CC(C4)CC3C5)cc2-c2ccccc2)cc1. The Morgan fingerprint density at radius 1 is 0.356 bits per heavy atom. The Labute approximate surface area is 349 Å². The monoisotopic (exact) mass is 761 g/mol. The molecular formula is C58H51N. The molecule has 5 saturated carbocycles. The number of fused-ring (bicyclic) bond motifs is 8. The van der Waals surface area contributed by atoms with Crippen LogP contribution in [0.1, 0.15) is 86.5 Å². The Morgan fingerprint density at radius 2 is 0.831 bits per heavy atom. The van der Waals surface area contributed by atoms with Crippen molar-refractivity contribution in [2.45, 2.75) is 75.0 Å². The Hall–Kier alpha value is -5.66. The van der Waals surface area contributed by atoms with Crippen LogP contribution in [0.3, 0.4) is 0 Å². The maximum atomic E-state index is 2.68. The third kappa shape index (κ3) is 4.85. The third-order valence-corrected chi connectivity index (χ3v) is 16.4. The smallest absolute Gasteiger partial charge is 0.0468 e. The second-order valence-corrected chi connectivity index (χ2v) is 19.2. The minimum absolute atomic E-state index is 0.0856. The molecule has 7 aromatic rings. The minimum Gasteiger partial charge on any atom is -0.310 e. The standard InChI is InChI=1S/C58H51N/c1-4-14-40(15-5-1)47-25-22-44(35-52(47)41-16-6-2-7-17-41)59(45-23-26-50-48-18-8-10-20-53(48)57(55(50)36-45)28-12-3-13-29-57)46-24-27-51-49-19-9-11-21-54(49)58(56(51)37-46)42-31-38-30-39(33-42)34-43(58)32-38/h1-2,4-11,14-27,35-39,42-43H,3,12-13,28-34H2. The molecule has 5 fully saturated rings. The maximum Gasteiger partial charge on any atom is 0.0468 e. The lowest BCUT2D eigenvalue weighted by Gasteiger charge is -2.61. The fourth-order valence-electron chi connectivity index (χ4n) is 14.4. The molecule has 0 amide bonds. The molecule has 0 aliphatic heterocycles. The number of nitrogens with zero attached hydrogens (tertiary/aromatic N) is 1. The molecule has 0 aromatic heterocycles. The predicted molar refractivity (Wildman–Crippen MR) is 245 cm³/mol. The van der Waals surface area contributed by atoms with Gasteiger partial charge in [-0.25, -0.2) is 0 Å². The van der Waals surface area contributed by atoms with E-state index in [4.69, 9.17) is 0 Å². The van der Waals surface area contributed by atoms with Gasteiger partial charge in [0.2, 0.25) is 0 Å². The Balaban J connectivity index is 1.05. The topological polar surface area (TPSA) is 3.24 Å². The van der Waals surface area contributed by atoms with E-state index >= 15 is 0 Å². The van der Waals surface area contributed by atoms with Crippen molar-refractivity contribution >= 4 is 17.1 Å². The van der Waals surface area contributed by atoms with Crippen molar-refractivity contribution in [1.82, 2.24) is 0 Å². The number of hydrogen-bond acceptors (Lipinski definition) is 1. The van der Waals surface area contributed by atoms with Crippen LogP contribution in [0.2, 0.25) is 0 Å². The van der Waals surface area contributed by atoms with E-state index in [1.54, 1.807) is 16.7 Å². The van der Waals surface area contributed by atoms with Gasteiger partial charge in [0.25, 0.3) is 0 Å². The highest BCUT2D eigenvalue weighted by molar-refractivity contribution is 5.92. The Bertz CT molecular complexity index is 2740. The number of hydrogen-bond donors (Lipinski definition) is 0. The first-order chi connectivity index (χ1) is 29.2. The molecule has 1 heteroatoms. The highest BCUT2D eigenvalue weighted by atomic mass is 15.1. The Kier molecular flexibility index (Phi) is 7.49. The first-order valence-electron chi connectivity index (χ1n) is 22.7. The zero-order valence-corrected chi connectivity index (χ0v) is 33.9. The van der Waals surface area contributed by atoms with Gasteiger partial charge < -0.3 is 4.90 Å². The van der Waals surface area contributed by atoms with Crippen molar-refractivity contribution < 1.29 is 0 Å². The maximum absolute atomic E-state index is 2.68. The van der Waals surface area contributed by atoms with Crippen LogP contribution in [0.5, 0.6) is 0 Å². The van der Waals surface area contributed by atoms with Crippen molar-refractivity contribution in [3.05, 3.63) is 186 Å². The average Bonchev–Trinajstić information content (AvgIpc) is 3.73. The quantitative estimate of drug-likeness (QED) is 0.169. The van der Waals surface area contributed by atoms with Gasteiger partial charge in [0.1, 0.15) is 0 Å². The molecule has 7 aliphatic carbocycles. The zero-order chi connectivity index (χ0) is 38.7. The number of benzene rings is 7. The van der Waals surface area contributed by atoms with Gasteiger partial charge in [0, 0.05) is 27.9 Å². The van der Waals surface area contributed by atoms with Crippen LogP contribution in [0.25, 0.3) is 44.5 Å². The molecule has 7 aliphatic rings. The summed E-state index contributed by atoms with van der Waals surface area (Å²) in [6.07, 6.45) is 13.4.